The summed E-state index contributed by atoms with van der Waals surface area (Å²) in [6.45, 7) is 10.2. The number of phenols is 1. The third-order valence-electron chi connectivity index (χ3n) is 5.75. The Balaban J connectivity index is 0.000000479. The molecule has 1 aromatic rings. The molecule has 3 rings (SSSR count). The van der Waals surface area contributed by atoms with Crippen molar-refractivity contribution in [3.05, 3.63) is 29.8 Å². The molecule has 0 unspecified atom stereocenters. The first-order valence-corrected chi connectivity index (χ1v) is 12.0. The molecule has 184 valence electrons. The van der Waals surface area contributed by atoms with E-state index in [1.54, 1.807) is 0 Å². The highest BCUT2D eigenvalue weighted by atomic mass is 32.2. The maximum absolute atomic E-state index is 12.8. The monoisotopic (exact) mass is 486 g/mol. The first-order chi connectivity index (χ1) is 15.5. The van der Waals surface area contributed by atoms with Gasteiger partial charge in [0.1, 0.15) is 17.8 Å². The first kappa shape index (κ1) is 26.4. The third kappa shape index (κ3) is 5.92. The summed E-state index contributed by atoms with van der Waals surface area (Å²) in [5.41, 5.74) is 0.247. The Hall–Kier alpha value is -2.90. The fourth-order valence-electron chi connectivity index (χ4n) is 3.98. The zero-order chi connectivity index (χ0) is 24.9. The largest absolute Gasteiger partial charge is 0.508 e. The average Bonchev–Trinajstić information content (AvgIpc) is 3.11. The van der Waals surface area contributed by atoms with Crippen LogP contribution in [0.25, 0.3) is 0 Å². The molecule has 3 atom stereocenters. The Morgan fingerprint density at radius 3 is 2.12 bits per heavy atom. The summed E-state index contributed by atoms with van der Waals surface area (Å²) < 4.78 is 31.8. The van der Waals surface area contributed by atoms with Gasteiger partial charge in [-0.15, -0.1) is 0 Å². The quantitative estimate of drug-likeness (QED) is 0.320. The molecule has 2 aliphatic rings. The van der Waals surface area contributed by atoms with Gasteiger partial charge in [0.05, 0.1) is 6.04 Å². The lowest BCUT2D eigenvalue weighted by atomic mass is 9.99. The number of rotatable bonds is 7. The van der Waals surface area contributed by atoms with Crippen molar-refractivity contribution in [3.63, 3.8) is 0 Å². The average molecular weight is 487 g/mol. The predicted octanol–water partition coefficient (Wildman–Crippen LogP) is 0.664. The van der Waals surface area contributed by atoms with Gasteiger partial charge in [-0.05, 0) is 43.8 Å². The van der Waals surface area contributed by atoms with Gasteiger partial charge < -0.3 is 25.3 Å². The van der Waals surface area contributed by atoms with Crippen molar-refractivity contribution in [2.45, 2.75) is 45.3 Å². The number of likely N-dealkylation sites (tertiary alicyclic amines) is 1. The Morgan fingerprint density at radius 2 is 1.70 bits per heavy atom. The van der Waals surface area contributed by atoms with Gasteiger partial charge in [0.2, 0.25) is 0 Å². The zero-order valence-corrected chi connectivity index (χ0v) is 19.5. The highest BCUT2D eigenvalue weighted by Crippen LogP contribution is 2.37. The lowest BCUT2D eigenvalue weighted by Crippen LogP contribution is -2.68. The van der Waals surface area contributed by atoms with E-state index >= 15 is 0 Å². The van der Waals surface area contributed by atoms with Gasteiger partial charge in [0.25, 0.3) is 11.8 Å². The molecule has 12 nitrogen and oxygen atoms in total. The molecule has 2 fully saturated rings. The molecule has 33 heavy (non-hydrogen) atoms. The second kappa shape index (κ2) is 10.8. The van der Waals surface area contributed by atoms with E-state index in [2.05, 4.69) is 31.0 Å². The number of amides is 3. The number of hydrogen-bond acceptors (Lipinski definition) is 7. The normalized spacial score (nSPS) is 20.5. The number of fused-ring (bicyclic) bond motifs is 1. The minimum Gasteiger partial charge on any atom is -0.508 e. The standard InChI is InChI=1S/C14H15N3O8S.C6H15N/c18-8-3-1-7(2-4-8)10(15-14(21)22)12(19)16-6-5-9-11(16)13(20)17(9)26(23,24)25;1-4-7(5-2)6-3/h1-4,9-11,15,18H,5-6H2,(H,21,22)(H,23,24,25);4-6H2,1-3H3/t9-,10-,11+;/m1./s1. The summed E-state index contributed by atoms with van der Waals surface area (Å²) in [5.74, 6) is -1.74. The summed E-state index contributed by atoms with van der Waals surface area (Å²) in [5, 5.41) is 20.4. The molecule has 2 heterocycles. The van der Waals surface area contributed by atoms with Crippen LogP contribution in [0.3, 0.4) is 0 Å². The van der Waals surface area contributed by atoms with E-state index in [0.717, 1.165) is 4.90 Å². The minimum atomic E-state index is -4.71. The summed E-state index contributed by atoms with van der Waals surface area (Å²) in [4.78, 5) is 39.4. The molecule has 0 saturated carbocycles. The van der Waals surface area contributed by atoms with Crippen LogP contribution in [-0.4, -0.2) is 93.5 Å². The van der Waals surface area contributed by atoms with E-state index in [9.17, 15) is 27.9 Å². The third-order valence-corrected chi connectivity index (χ3v) is 6.70. The van der Waals surface area contributed by atoms with Crippen molar-refractivity contribution in [2.75, 3.05) is 26.2 Å². The van der Waals surface area contributed by atoms with E-state index in [4.69, 9.17) is 9.66 Å². The number of nitrogens with one attached hydrogen (secondary N) is 1. The zero-order valence-electron chi connectivity index (χ0n) is 18.7. The van der Waals surface area contributed by atoms with E-state index in [1.807, 2.05) is 0 Å². The Morgan fingerprint density at radius 1 is 1.15 bits per heavy atom. The van der Waals surface area contributed by atoms with Crippen LogP contribution in [0, 0.1) is 0 Å². The molecule has 13 heteroatoms. The van der Waals surface area contributed by atoms with Crippen LogP contribution < -0.4 is 5.32 Å². The second-order valence-electron chi connectivity index (χ2n) is 7.54. The Labute approximate surface area is 192 Å². The molecular formula is C20H30N4O8S. The Kier molecular flexibility index (Phi) is 8.63. The molecule has 0 spiro atoms. The van der Waals surface area contributed by atoms with Crippen molar-refractivity contribution in [2.24, 2.45) is 0 Å². The highest BCUT2D eigenvalue weighted by Gasteiger charge is 2.60. The number of carbonyl (C=O) groups is 3. The van der Waals surface area contributed by atoms with Gasteiger partial charge in [0, 0.05) is 6.54 Å². The number of benzene rings is 1. The lowest BCUT2D eigenvalue weighted by molar-refractivity contribution is -0.152. The topological polar surface area (TPSA) is 168 Å². The second-order valence-corrected chi connectivity index (χ2v) is 8.83. The van der Waals surface area contributed by atoms with Crippen LogP contribution in [0.4, 0.5) is 4.79 Å². The molecule has 2 aliphatic heterocycles. The van der Waals surface area contributed by atoms with Crippen LogP contribution in [0.15, 0.2) is 24.3 Å². The van der Waals surface area contributed by atoms with Crippen LogP contribution >= 0.6 is 0 Å². The summed E-state index contributed by atoms with van der Waals surface area (Å²) in [7, 11) is -4.71. The molecule has 0 radical (unpaired) electrons. The number of nitrogens with zero attached hydrogens (tertiary/aromatic N) is 3. The molecule has 0 aliphatic carbocycles. The van der Waals surface area contributed by atoms with Gasteiger partial charge in [-0.3, -0.25) is 14.1 Å². The van der Waals surface area contributed by atoms with Gasteiger partial charge >= 0.3 is 16.4 Å². The van der Waals surface area contributed by atoms with Crippen LogP contribution in [0.1, 0.15) is 38.8 Å². The molecule has 0 bridgehead atoms. The van der Waals surface area contributed by atoms with Gasteiger partial charge in [-0.25, -0.2) is 9.10 Å². The summed E-state index contributed by atoms with van der Waals surface area (Å²) in [6.07, 6.45) is -1.33. The molecule has 1 aromatic carbocycles. The number of hydrogen-bond donors (Lipinski definition) is 4. The fraction of sp³-hybridized carbons (Fsp3) is 0.550. The van der Waals surface area contributed by atoms with Crippen molar-refractivity contribution in [1.82, 2.24) is 19.4 Å². The van der Waals surface area contributed by atoms with E-state index in [-0.39, 0.29) is 24.3 Å². The van der Waals surface area contributed by atoms with Crippen LogP contribution in [0.5, 0.6) is 5.75 Å². The van der Waals surface area contributed by atoms with E-state index < -0.39 is 46.3 Å². The SMILES string of the molecule is CCN(CC)CC.O=C(O)N[C@@H](C(=O)N1CC[C@@H]2[C@H]1C(=O)N2S(=O)(=O)O)c1ccc(O)cc1. The predicted molar refractivity (Wildman–Crippen MR) is 118 cm³/mol. The van der Waals surface area contributed by atoms with E-state index in [0.29, 0.717) is 4.31 Å². The number of β-lactam (4-membered cyclic amide) rings is 1. The lowest BCUT2D eigenvalue weighted by Gasteiger charge is -2.43. The van der Waals surface area contributed by atoms with Crippen molar-refractivity contribution < 1.29 is 37.6 Å². The van der Waals surface area contributed by atoms with Gasteiger partial charge in [-0.1, -0.05) is 32.9 Å². The van der Waals surface area contributed by atoms with E-state index in [1.165, 1.54) is 43.9 Å². The maximum atomic E-state index is 12.8. The number of phenolic OH excluding ortho intramolecular Hbond substituents is 1. The highest BCUT2D eigenvalue weighted by molar-refractivity contribution is 7.84. The summed E-state index contributed by atoms with van der Waals surface area (Å²) in [6, 6.07) is 2.00. The smallest absolute Gasteiger partial charge is 0.405 e. The molecule has 2 saturated heterocycles. The van der Waals surface area contributed by atoms with Crippen molar-refractivity contribution in [1.29, 1.82) is 0 Å². The first-order valence-electron chi connectivity index (χ1n) is 10.6. The summed E-state index contributed by atoms with van der Waals surface area (Å²) >= 11 is 0. The molecule has 3 amide bonds. The van der Waals surface area contributed by atoms with Crippen molar-refractivity contribution in [3.8, 4) is 5.75 Å². The fourth-order valence-corrected chi connectivity index (χ4v) is 4.88. The van der Waals surface area contributed by atoms with Crippen molar-refractivity contribution >= 4 is 28.2 Å². The molecule has 0 aromatic heterocycles. The van der Waals surface area contributed by atoms with Gasteiger partial charge in [-0.2, -0.15) is 8.42 Å². The molecular weight excluding hydrogens is 456 g/mol. The van der Waals surface area contributed by atoms with Gasteiger partial charge in [0.15, 0.2) is 0 Å². The maximum Gasteiger partial charge on any atom is 0.405 e. The van der Waals surface area contributed by atoms with Crippen LogP contribution in [0.2, 0.25) is 0 Å². The Bertz CT molecular complexity index is 959. The minimum absolute atomic E-state index is 0.0296. The number of carboxylic acid groups (broad SMARTS) is 1. The van der Waals surface area contributed by atoms with Crippen LogP contribution in [-0.2, 0) is 19.9 Å². The molecule has 4 N–H and O–H groups in total. The number of carbonyl (C=O) groups excluding carboxylic acids is 2. The number of aromatic hydroxyl groups is 1.